The molecule has 1 heterocycles. The van der Waals surface area contributed by atoms with Gasteiger partial charge in [0.25, 0.3) is 0 Å². The zero-order chi connectivity index (χ0) is 13.8. The Morgan fingerprint density at radius 2 is 1.95 bits per heavy atom. The van der Waals surface area contributed by atoms with E-state index in [1.807, 2.05) is 18.2 Å². The summed E-state index contributed by atoms with van der Waals surface area (Å²) >= 11 is 3.50. The van der Waals surface area contributed by atoms with Crippen molar-refractivity contribution >= 4 is 15.9 Å². The molecule has 1 saturated heterocycles. The van der Waals surface area contributed by atoms with Crippen molar-refractivity contribution in [2.45, 2.75) is 18.9 Å². The fourth-order valence-electron chi connectivity index (χ4n) is 2.37. The first-order valence-electron chi connectivity index (χ1n) is 6.87. The molecule has 104 valence electrons. The van der Waals surface area contributed by atoms with Gasteiger partial charge in [0.1, 0.15) is 11.9 Å². The van der Waals surface area contributed by atoms with Crippen LogP contribution in [0.2, 0.25) is 0 Å². The molecule has 1 aliphatic heterocycles. The maximum absolute atomic E-state index is 5.87. The summed E-state index contributed by atoms with van der Waals surface area (Å²) in [6, 6.07) is 16.8. The molecule has 1 atom stereocenters. The first-order chi connectivity index (χ1) is 9.79. The molecule has 3 rings (SSSR count). The molecular formula is C17H17BrO2. The summed E-state index contributed by atoms with van der Waals surface area (Å²) in [5, 5.41) is 0. The second kappa shape index (κ2) is 6.42. The van der Waals surface area contributed by atoms with Gasteiger partial charge in [-0.15, -0.1) is 0 Å². The van der Waals surface area contributed by atoms with E-state index in [2.05, 4.69) is 46.3 Å². The molecule has 0 N–H and O–H groups in total. The number of rotatable bonds is 4. The molecule has 0 aromatic heterocycles. The van der Waals surface area contributed by atoms with E-state index >= 15 is 0 Å². The standard InChI is InChI=1S/C17H17BrO2/c18-15-3-1-2-14(11-15)10-13-4-6-16(7-5-13)20-17-8-9-19-12-17/h1-7,11,17H,8-10,12H2/t17-/m0/s1. The Bertz CT molecular complexity index is 559. The van der Waals surface area contributed by atoms with Crippen molar-refractivity contribution in [2.75, 3.05) is 13.2 Å². The van der Waals surface area contributed by atoms with Gasteiger partial charge in [0.15, 0.2) is 0 Å². The quantitative estimate of drug-likeness (QED) is 0.835. The van der Waals surface area contributed by atoms with Crippen molar-refractivity contribution in [3.05, 3.63) is 64.1 Å². The van der Waals surface area contributed by atoms with Gasteiger partial charge < -0.3 is 9.47 Å². The third-order valence-corrected chi connectivity index (χ3v) is 3.90. The van der Waals surface area contributed by atoms with E-state index in [4.69, 9.17) is 9.47 Å². The SMILES string of the molecule is Brc1cccc(Cc2ccc(O[C@H]3CCOC3)cc2)c1. The maximum atomic E-state index is 5.87. The Morgan fingerprint density at radius 1 is 1.10 bits per heavy atom. The highest BCUT2D eigenvalue weighted by atomic mass is 79.9. The largest absolute Gasteiger partial charge is 0.488 e. The molecule has 0 unspecified atom stereocenters. The minimum absolute atomic E-state index is 0.214. The lowest BCUT2D eigenvalue weighted by Crippen LogP contribution is -2.15. The molecule has 2 aromatic rings. The number of hydrogen-bond donors (Lipinski definition) is 0. The van der Waals surface area contributed by atoms with Crippen molar-refractivity contribution in [1.82, 2.24) is 0 Å². The lowest BCUT2D eigenvalue weighted by molar-refractivity contribution is 0.141. The molecule has 1 aliphatic rings. The van der Waals surface area contributed by atoms with Gasteiger partial charge in [-0.2, -0.15) is 0 Å². The third-order valence-electron chi connectivity index (χ3n) is 3.41. The predicted octanol–water partition coefficient (Wildman–Crippen LogP) is 4.21. The van der Waals surface area contributed by atoms with Crippen LogP contribution in [0.4, 0.5) is 0 Å². The topological polar surface area (TPSA) is 18.5 Å². The minimum atomic E-state index is 0.214. The highest BCUT2D eigenvalue weighted by molar-refractivity contribution is 9.10. The normalized spacial score (nSPS) is 18.1. The first-order valence-corrected chi connectivity index (χ1v) is 7.67. The molecule has 0 amide bonds. The smallest absolute Gasteiger partial charge is 0.124 e. The van der Waals surface area contributed by atoms with Crippen molar-refractivity contribution in [3.8, 4) is 5.75 Å². The van der Waals surface area contributed by atoms with Gasteiger partial charge in [0.05, 0.1) is 13.2 Å². The zero-order valence-corrected chi connectivity index (χ0v) is 12.8. The molecule has 1 fully saturated rings. The summed E-state index contributed by atoms with van der Waals surface area (Å²) in [6.07, 6.45) is 2.14. The molecule has 3 heteroatoms. The molecule has 20 heavy (non-hydrogen) atoms. The highest BCUT2D eigenvalue weighted by Crippen LogP contribution is 2.20. The second-order valence-corrected chi connectivity index (χ2v) is 5.97. The highest BCUT2D eigenvalue weighted by Gasteiger charge is 2.16. The molecule has 0 spiro atoms. The summed E-state index contributed by atoms with van der Waals surface area (Å²) in [4.78, 5) is 0. The first kappa shape index (κ1) is 13.7. The monoisotopic (exact) mass is 332 g/mol. The van der Waals surface area contributed by atoms with Crippen LogP contribution in [0, 0.1) is 0 Å². The fraction of sp³-hybridized carbons (Fsp3) is 0.294. The van der Waals surface area contributed by atoms with Gasteiger partial charge in [-0.1, -0.05) is 40.2 Å². The van der Waals surface area contributed by atoms with Crippen molar-refractivity contribution in [1.29, 1.82) is 0 Å². The van der Waals surface area contributed by atoms with E-state index < -0.39 is 0 Å². The molecule has 0 saturated carbocycles. The summed E-state index contributed by atoms with van der Waals surface area (Å²) < 4.78 is 12.3. The Balaban J connectivity index is 1.63. The van der Waals surface area contributed by atoms with Gasteiger partial charge >= 0.3 is 0 Å². The van der Waals surface area contributed by atoms with Crippen LogP contribution in [-0.4, -0.2) is 19.3 Å². The molecule has 0 radical (unpaired) electrons. The number of halogens is 1. The Morgan fingerprint density at radius 3 is 2.65 bits per heavy atom. The average molecular weight is 333 g/mol. The van der Waals surface area contributed by atoms with Gasteiger partial charge in [0, 0.05) is 10.9 Å². The lowest BCUT2D eigenvalue weighted by Gasteiger charge is -2.12. The van der Waals surface area contributed by atoms with E-state index in [1.54, 1.807) is 0 Å². The maximum Gasteiger partial charge on any atom is 0.124 e. The van der Waals surface area contributed by atoms with Crippen molar-refractivity contribution < 1.29 is 9.47 Å². The molecule has 0 bridgehead atoms. The van der Waals surface area contributed by atoms with Gasteiger partial charge in [-0.05, 0) is 41.8 Å². The van der Waals surface area contributed by atoms with Gasteiger partial charge in [-0.25, -0.2) is 0 Å². The zero-order valence-electron chi connectivity index (χ0n) is 11.2. The predicted molar refractivity (Wildman–Crippen MR) is 83.2 cm³/mol. The van der Waals surface area contributed by atoms with Crippen molar-refractivity contribution in [3.63, 3.8) is 0 Å². The second-order valence-electron chi connectivity index (χ2n) is 5.05. The number of hydrogen-bond acceptors (Lipinski definition) is 2. The van der Waals surface area contributed by atoms with Gasteiger partial charge in [-0.3, -0.25) is 0 Å². The number of benzene rings is 2. The van der Waals surface area contributed by atoms with E-state index in [0.29, 0.717) is 6.61 Å². The van der Waals surface area contributed by atoms with Crippen LogP contribution in [0.25, 0.3) is 0 Å². The third kappa shape index (κ3) is 3.62. The van der Waals surface area contributed by atoms with Crippen LogP contribution >= 0.6 is 15.9 Å². The number of ether oxygens (including phenoxy) is 2. The molecular weight excluding hydrogens is 316 g/mol. The van der Waals surface area contributed by atoms with E-state index in [1.165, 1.54) is 11.1 Å². The van der Waals surface area contributed by atoms with Crippen LogP contribution in [0.5, 0.6) is 5.75 Å². The average Bonchev–Trinajstić information content (AvgIpc) is 2.94. The van der Waals surface area contributed by atoms with Crippen LogP contribution in [0.3, 0.4) is 0 Å². The molecule has 2 nitrogen and oxygen atoms in total. The van der Waals surface area contributed by atoms with E-state index in [-0.39, 0.29) is 6.10 Å². The van der Waals surface area contributed by atoms with Crippen LogP contribution < -0.4 is 4.74 Å². The van der Waals surface area contributed by atoms with Crippen LogP contribution in [-0.2, 0) is 11.2 Å². The fourth-order valence-corrected chi connectivity index (χ4v) is 2.81. The summed E-state index contributed by atoms with van der Waals surface area (Å²) in [6.45, 7) is 1.52. The van der Waals surface area contributed by atoms with Crippen molar-refractivity contribution in [2.24, 2.45) is 0 Å². The Hall–Kier alpha value is -1.32. The summed E-state index contributed by atoms with van der Waals surface area (Å²) in [5.41, 5.74) is 2.59. The van der Waals surface area contributed by atoms with E-state index in [9.17, 15) is 0 Å². The van der Waals surface area contributed by atoms with Gasteiger partial charge in [0.2, 0.25) is 0 Å². The minimum Gasteiger partial charge on any atom is -0.488 e. The summed E-state index contributed by atoms with van der Waals surface area (Å²) in [7, 11) is 0. The van der Waals surface area contributed by atoms with Crippen LogP contribution in [0.1, 0.15) is 17.5 Å². The summed E-state index contributed by atoms with van der Waals surface area (Å²) in [5.74, 6) is 0.929. The molecule has 0 aliphatic carbocycles. The Kier molecular flexibility index (Phi) is 4.38. The van der Waals surface area contributed by atoms with E-state index in [0.717, 1.165) is 29.7 Å². The lowest BCUT2D eigenvalue weighted by atomic mass is 10.1. The van der Waals surface area contributed by atoms with Crippen LogP contribution in [0.15, 0.2) is 53.0 Å². The Labute approximate surface area is 127 Å². The molecule has 2 aromatic carbocycles.